The first-order valence-corrected chi connectivity index (χ1v) is 7.15. The Morgan fingerprint density at radius 3 is 2.79 bits per heavy atom. The van der Waals surface area contributed by atoms with Gasteiger partial charge in [0.25, 0.3) is 5.91 Å². The van der Waals surface area contributed by atoms with Crippen molar-refractivity contribution in [2.75, 3.05) is 11.9 Å². The summed E-state index contributed by atoms with van der Waals surface area (Å²) in [6.07, 6.45) is 0. The highest BCUT2D eigenvalue weighted by atomic mass is 16.5. The van der Waals surface area contributed by atoms with Crippen molar-refractivity contribution in [3.05, 3.63) is 53.8 Å². The first-order valence-electron chi connectivity index (χ1n) is 7.15. The van der Waals surface area contributed by atoms with Crippen molar-refractivity contribution >= 4 is 28.5 Å². The van der Waals surface area contributed by atoms with Gasteiger partial charge in [-0.25, -0.2) is 4.79 Å². The Kier molecular flexibility index (Phi) is 4.15. The number of fused-ring (bicyclic) bond motifs is 1. The van der Waals surface area contributed by atoms with Crippen LogP contribution in [-0.2, 0) is 9.53 Å². The Labute approximate surface area is 136 Å². The minimum absolute atomic E-state index is 0.00113. The number of ether oxygens (including phenoxy) is 1. The third-order valence-corrected chi connectivity index (χ3v) is 3.35. The quantitative estimate of drug-likeness (QED) is 0.715. The number of aryl methyl sites for hydroxylation is 1. The number of benzene rings is 2. The van der Waals surface area contributed by atoms with Crippen molar-refractivity contribution in [3.8, 4) is 5.75 Å². The van der Waals surface area contributed by atoms with E-state index < -0.39 is 18.5 Å². The lowest BCUT2D eigenvalue weighted by Gasteiger charge is -2.08. The lowest BCUT2D eigenvalue weighted by molar-refractivity contribution is -0.119. The smallest absolute Gasteiger partial charge is 0.342 e. The van der Waals surface area contributed by atoms with E-state index >= 15 is 0 Å². The van der Waals surface area contributed by atoms with E-state index in [1.807, 2.05) is 12.1 Å². The molecule has 24 heavy (non-hydrogen) atoms. The van der Waals surface area contributed by atoms with E-state index in [9.17, 15) is 14.7 Å². The standard InChI is InChI=1S/C17H14N2O5/c1-10-8-14(19-24-10)18-15(20)9-23-17(22)13-7-6-11-4-2-3-5-12(11)16(13)21/h2-8,21H,9H2,1H3,(H,18,19,20). The van der Waals surface area contributed by atoms with Gasteiger partial charge in [0.1, 0.15) is 17.1 Å². The predicted octanol–water partition coefficient (Wildman–Crippen LogP) is 2.64. The van der Waals surface area contributed by atoms with Crippen molar-refractivity contribution in [3.63, 3.8) is 0 Å². The number of aromatic hydroxyl groups is 1. The van der Waals surface area contributed by atoms with E-state index in [0.29, 0.717) is 11.1 Å². The zero-order valence-corrected chi connectivity index (χ0v) is 12.8. The first kappa shape index (κ1) is 15.5. The van der Waals surface area contributed by atoms with Crippen molar-refractivity contribution in [2.45, 2.75) is 6.92 Å². The number of nitrogens with zero attached hydrogens (tertiary/aromatic N) is 1. The molecule has 0 saturated heterocycles. The van der Waals surface area contributed by atoms with Crippen LogP contribution in [0.2, 0.25) is 0 Å². The monoisotopic (exact) mass is 326 g/mol. The number of amides is 1. The number of phenolic OH excluding ortho intramolecular Hbond substituents is 1. The van der Waals surface area contributed by atoms with Crippen LogP contribution in [0.1, 0.15) is 16.1 Å². The molecule has 0 spiro atoms. The Bertz CT molecular complexity index is 916. The molecule has 0 atom stereocenters. The van der Waals surface area contributed by atoms with Gasteiger partial charge in [0.15, 0.2) is 12.4 Å². The van der Waals surface area contributed by atoms with Crippen LogP contribution in [0, 0.1) is 6.92 Å². The molecule has 7 heteroatoms. The van der Waals surface area contributed by atoms with Crippen LogP contribution in [0.5, 0.6) is 5.75 Å². The van der Waals surface area contributed by atoms with Crippen LogP contribution in [0.4, 0.5) is 5.82 Å². The van der Waals surface area contributed by atoms with Crippen LogP contribution in [-0.4, -0.2) is 28.7 Å². The molecule has 0 radical (unpaired) electrons. The Hall–Kier alpha value is -3.35. The molecule has 2 N–H and O–H groups in total. The molecule has 1 aromatic heterocycles. The molecule has 7 nitrogen and oxygen atoms in total. The molecule has 2 aromatic carbocycles. The summed E-state index contributed by atoms with van der Waals surface area (Å²) >= 11 is 0. The van der Waals surface area contributed by atoms with E-state index in [0.717, 1.165) is 5.39 Å². The predicted molar refractivity (Wildman–Crippen MR) is 85.8 cm³/mol. The number of aromatic nitrogens is 1. The van der Waals surface area contributed by atoms with Crippen molar-refractivity contribution in [1.82, 2.24) is 5.16 Å². The average Bonchev–Trinajstić information content (AvgIpc) is 2.98. The molecular formula is C17H14N2O5. The molecular weight excluding hydrogens is 312 g/mol. The summed E-state index contributed by atoms with van der Waals surface area (Å²) in [5.41, 5.74) is -0.00113. The minimum atomic E-state index is -0.787. The SMILES string of the molecule is Cc1cc(NC(=O)COC(=O)c2ccc3ccccc3c2O)no1. The maximum absolute atomic E-state index is 12.1. The number of carbonyl (C=O) groups excluding carboxylic acids is 2. The van der Waals surface area contributed by atoms with Gasteiger partial charge in [0.2, 0.25) is 0 Å². The van der Waals surface area contributed by atoms with Gasteiger partial charge in [-0.15, -0.1) is 0 Å². The average molecular weight is 326 g/mol. The molecule has 1 amide bonds. The van der Waals surface area contributed by atoms with E-state index in [1.54, 1.807) is 25.1 Å². The topological polar surface area (TPSA) is 102 Å². The summed E-state index contributed by atoms with van der Waals surface area (Å²) in [4.78, 5) is 23.8. The van der Waals surface area contributed by atoms with Crippen molar-refractivity contribution in [2.24, 2.45) is 0 Å². The van der Waals surface area contributed by atoms with Crippen LogP contribution in [0.15, 0.2) is 47.0 Å². The van der Waals surface area contributed by atoms with Crippen LogP contribution < -0.4 is 5.32 Å². The third kappa shape index (κ3) is 3.19. The summed E-state index contributed by atoms with van der Waals surface area (Å²) in [5.74, 6) is -0.738. The highest BCUT2D eigenvalue weighted by Gasteiger charge is 2.17. The zero-order valence-electron chi connectivity index (χ0n) is 12.8. The Morgan fingerprint density at radius 1 is 1.25 bits per heavy atom. The van der Waals surface area contributed by atoms with Gasteiger partial charge in [-0.2, -0.15) is 0 Å². The van der Waals surface area contributed by atoms with Gasteiger partial charge in [0.05, 0.1) is 0 Å². The van der Waals surface area contributed by atoms with E-state index in [2.05, 4.69) is 10.5 Å². The van der Waals surface area contributed by atoms with Crippen LogP contribution >= 0.6 is 0 Å². The number of nitrogens with one attached hydrogen (secondary N) is 1. The summed E-state index contributed by atoms with van der Waals surface area (Å²) < 4.78 is 9.74. The second-order valence-corrected chi connectivity index (χ2v) is 5.13. The Morgan fingerprint density at radius 2 is 2.04 bits per heavy atom. The molecule has 3 aromatic rings. The third-order valence-electron chi connectivity index (χ3n) is 3.35. The second-order valence-electron chi connectivity index (χ2n) is 5.13. The number of hydrogen-bond acceptors (Lipinski definition) is 6. The van der Waals surface area contributed by atoms with Gasteiger partial charge in [-0.05, 0) is 18.4 Å². The summed E-state index contributed by atoms with van der Waals surface area (Å²) in [6, 6.07) is 11.8. The minimum Gasteiger partial charge on any atom is -0.506 e. The molecule has 0 saturated carbocycles. The van der Waals surface area contributed by atoms with Gasteiger partial charge in [0, 0.05) is 11.5 Å². The molecule has 0 fully saturated rings. The van der Waals surface area contributed by atoms with Crippen molar-refractivity contribution in [1.29, 1.82) is 0 Å². The number of rotatable bonds is 4. The maximum atomic E-state index is 12.1. The summed E-state index contributed by atoms with van der Waals surface area (Å²) in [6.45, 7) is 1.18. The number of hydrogen-bond donors (Lipinski definition) is 2. The number of anilines is 1. The number of phenols is 1. The first-order chi connectivity index (χ1) is 11.5. The van der Waals surface area contributed by atoms with Gasteiger partial charge in [-0.1, -0.05) is 35.5 Å². The normalized spacial score (nSPS) is 10.5. The highest BCUT2D eigenvalue weighted by Crippen LogP contribution is 2.28. The molecule has 122 valence electrons. The fraction of sp³-hybridized carbons (Fsp3) is 0.118. The lowest BCUT2D eigenvalue weighted by Crippen LogP contribution is -2.21. The number of carbonyl (C=O) groups is 2. The molecule has 0 aliphatic heterocycles. The zero-order chi connectivity index (χ0) is 17.1. The largest absolute Gasteiger partial charge is 0.506 e. The van der Waals surface area contributed by atoms with Crippen molar-refractivity contribution < 1.29 is 24.0 Å². The van der Waals surface area contributed by atoms with Crippen LogP contribution in [0.25, 0.3) is 10.8 Å². The molecule has 0 aliphatic rings. The molecule has 0 unspecified atom stereocenters. The van der Waals surface area contributed by atoms with Gasteiger partial charge in [-0.3, -0.25) is 4.79 Å². The van der Waals surface area contributed by atoms with Gasteiger partial charge >= 0.3 is 5.97 Å². The highest BCUT2D eigenvalue weighted by molar-refractivity contribution is 6.02. The Balaban J connectivity index is 1.67. The van der Waals surface area contributed by atoms with Gasteiger partial charge < -0.3 is 19.7 Å². The molecule has 3 rings (SSSR count). The van der Waals surface area contributed by atoms with Crippen LogP contribution in [0.3, 0.4) is 0 Å². The van der Waals surface area contributed by atoms with E-state index in [-0.39, 0.29) is 17.1 Å². The molecule has 1 heterocycles. The fourth-order valence-corrected chi connectivity index (χ4v) is 2.23. The second kappa shape index (κ2) is 6.41. The van der Waals surface area contributed by atoms with E-state index in [4.69, 9.17) is 9.26 Å². The summed E-state index contributed by atoms with van der Waals surface area (Å²) in [7, 11) is 0. The summed E-state index contributed by atoms with van der Waals surface area (Å²) in [5, 5.41) is 17.6. The molecule has 0 aliphatic carbocycles. The number of esters is 1. The fourth-order valence-electron chi connectivity index (χ4n) is 2.23. The molecule has 0 bridgehead atoms. The van der Waals surface area contributed by atoms with E-state index in [1.165, 1.54) is 12.1 Å². The lowest BCUT2D eigenvalue weighted by atomic mass is 10.1. The maximum Gasteiger partial charge on any atom is 0.342 e.